The van der Waals surface area contributed by atoms with Crippen molar-refractivity contribution >= 4 is 29.3 Å². The van der Waals surface area contributed by atoms with Crippen LogP contribution in [0.2, 0.25) is 5.02 Å². The number of carbonyl (C=O) groups is 1. The molecule has 1 aliphatic carbocycles. The van der Waals surface area contributed by atoms with Gasteiger partial charge in [-0.05, 0) is 43.5 Å². The van der Waals surface area contributed by atoms with Gasteiger partial charge in [-0.1, -0.05) is 59.8 Å². The van der Waals surface area contributed by atoms with Crippen molar-refractivity contribution in [2.75, 3.05) is 0 Å². The van der Waals surface area contributed by atoms with Crippen LogP contribution in [0.15, 0.2) is 59.8 Å². The van der Waals surface area contributed by atoms with Crippen LogP contribution in [0, 0.1) is 0 Å². The summed E-state index contributed by atoms with van der Waals surface area (Å²) in [7, 11) is 0. The number of hydrogen-bond donors (Lipinski definition) is 1. The van der Waals surface area contributed by atoms with Gasteiger partial charge in [0.2, 0.25) is 5.91 Å². The quantitative estimate of drug-likeness (QED) is 0.576. The molecule has 1 atom stereocenters. The van der Waals surface area contributed by atoms with Gasteiger partial charge in [-0.2, -0.15) is 0 Å². The number of halogens is 1. The van der Waals surface area contributed by atoms with Crippen LogP contribution in [0.4, 0.5) is 0 Å². The van der Waals surface area contributed by atoms with Crippen LogP contribution in [0.3, 0.4) is 0 Å². The van der Waals surface area contributed by atoms with Gasteiger partial charge in [-0.15, -0.1) is 10.2 Å². The highest BCUT2D eigenvalue weighted by Crippen LogP contribution is 2.41. The van der Waals surface area contributed by atoms with E-state index in [1.807, 2.05) is 61.5 Å². The minimum absolute atomic E-state index is 0.0551. The predicted octanol–water partition coefficient (Wildman–Crippen LogP) is 4.60. The summed E-state index contributed by atoms with van der Waals surface area (Å²) in [6, 6.07) is 17.6. The van der Waals surface area contributed by atoms with Gasteiger partial charge in [0.15, 0.2) is 5.16 Å². The second-order valence-electron chi connectivity index (χ2n) is 6.86. The Morgan fingerprint density at radius 2 is 1.89 bits per heavy atom. The van der Waals surface area contributed by atoms with Crippen LogP contribution in [0.1, 0.15) is 37.1 Å². The number of aromatic nitrogens is 3. The summed E-state index contributed by atoms with van der Waals surface area (Å²) >= 11 is 7.59. The van der Waals surface area contributed by atoms with Crippen molar-refractivity contribution < 1.29 is 4.79 Å². The maximum atomic E-state index is 12.6. The number of hydrogen-bond acceptors (Lipinski definition) is 4. The molecule has 7 heteroatoms. The summed E-state index contributed by atoms with van der Waals surface area (Å²) < 4.78 is 2.08. The molecule has 0 radical (unpaired) electrons. The van der Waals surface area contributed by atoms with Crippen molar-refractivity contribution in [3.05, 3.63) is 71.0 Å². The van der Waals surface area contributed by atoms with Gasteiger partial charge in [0.25, 0.3) is 0 Å². The van der Waals surface area contributed by atoms with Gasteiger partial charge >= 0.3 is 0 Å². The molecule has 1 heterocycles. The molecule has 1 unspecified atom stereocenters. The Morgan fingerprint density at radius 3 is 2.61 bits per heavy atom. The van der Waals surface area contributed by atoms with E-state index in [9.17, 15) is 4.79 Å². The standard InChI is InChI=1S/C21H21ClN4OS/c1-14(20(27)23-13-16-7-5-6-10-18(16)22)28-21-25-24-19(15-11-12-15)26(21)17-8-3-2-4-9-17/h2-10,14-15H,11-13H2,1H3,(H,23,27). The first-order valence-corrected chi connectivity index (χ1v) is 10.6. The van der Waals surface area contributed by atoms with E-state index in [0.29, 0.717) is 17.5 Å². The van der Waals surface area contributed by atoms with Crippen molar-refractivity contribution in [1.82, 2.24) is 20.1 Å². The molecule has 1 aromatic heterocycles. The molecule has 5 nitrogen and oxygen atoms in total. The molecule has 3 aromatic rings. The van der Waals surface area contributed by atoms with Crippen LogP contribution < -0.4 is 5.32 Å². The average molecular weight is 413 g/mol. The van der Waals surface area contributed by atoms with Gasteiger partial charge in [0.1, 0.15) is 5.82 Å². The summed E-state index contributed by atoms with van der Waals surface area (Å²) in [6.45, 7) is 2.29. The fourth-order valence-electron chi connectivity index (χ4n) is 2.96. The summed E-state index contributed by atoms with van der Waals surface area (Å²) in [4.78, 5) is 12.6. The highest BCUT2D eigenvalue weighted by atomic mass is 35.5. The van der Waals surface area contributed by atoms with E-state index in [2.05, 4.69) is 20.1 Å². The summed E-state index contributed by atoms with van der Waals surface area (Å²) in [6.07, 6.45) is 2.28. The molecule has 1 aliphatic rings. The number of nitrogens with zero attached hydrogens (tertiary/aromatic N) is 3. The van der Waals surface area contributed by atoms with E-state index in [1.165, 1.54) is 11.8 Å². The zero-order valence-electron chi connectivity index (χ0n) is 15.5. The van der Waals surface area contributed by atoms with Crippen molar-refractivity contribution in [3.8, 4) is 5.69 Å². The van der Waals surface area contributed by atoms with Crippen LogP contribution in [-0.2, 0) is 11.3 Å². The molecule has 2 aromatic carbocycles. The van der Waals surface area contributed by atoms with Crippen LogP contribution in [-0.4, -0.2) is 25.9 Å². The number of benzene rings is 2. The van der Waals surface area contributed by atoms with Crippen molar-refractivity contribution in [1.29, 1.82) is 0 Å². The molecule has 28 heavy (non-hydrogen) atoms. The lowest BCUT2D eigenvalue weighted by Crippen LogP contribution is -2.30. The highest BCUT2D eigenvalue weighted by molar-refractivity contribution is 8.00. The number of nitrogens with one attached hydrogen (secondary N) is 1. The lowest BCUT2D eigenvalue weighted by molar-refractivity contribution is -0.120. The summed E-state index contributed by atoms with van der Waals surface area (Å²) in [5.41, 5.74) is 1.93. The number of rotatable bonds is 7. The fraction of sp³-hybridized carbons (Fsp3) is 0.286. The third kappa shape index (κ3) is 4.23. The molecule has 0 bridgehead atoms. The Labute approximate surface area is 173 Å². The third-order valence-electron chi connectivity index (χ3n) is 4.68. The fourth-order valence-corrected chi connectivity index (χ4v) is 4.06. The number of amides is 1. The molecule has 1 saturated carbocycles. The average Bonchev–Trinajstić information content (AvgIpc) is 3.48. The Bertz CT molecular complexity index is 972. The highest BCUT2D eigenvalue weighted by Gasteiger charge is 2.31. The second kappa shape index (κ2) is 8.37. The van der Waals surface area contributed by atoms with E-state index in [1.54, 1.807) is 0 Å². The van der Waals surface area contributed by atoms with Crippen LogP contribution in [0.25, 0.3) is 5.69 Å². The van der Waals surface area contributed by atoms with Gasteiger partial charge in [0, 0.05) is 23.2 Å². The van der Waals surface area contributed by atoms with Gasteiger partial charge in [-0.3, -0.25) is 9.36 Å². The van der Waals surface area contributed by atoms with E-state index in [4.69, 9.17) is 11.6 Å². The first-order valence-electron chi connectivity index (χ1n) is 9.32. The molecule has 0 aliphatic heterocycles. The Kier molecular flexibility index (Phi) is 5.69. The van der Waals surface area contributed by atoms with Crippen molar-refractivity contribution in [2.24, 2.45) is 0 Å². The number of para-hydroxylation sites is 1. The lowest BCUT2D eigenvalue weighted by atomic mass is 10.2. The van der Waals surface area contributed by atoms with Gasteiger partial charge in [0.05, 0.1) is 5.25 Å². The summed E-state index contributed by atoms with van der Waals surface area (Å²) in [5, 5.41) is 12.9. The molecule has 1 N–H and O–H groups in total. The van der Waals surface area contributed by atoms with Gasteiger partial charge in [-0.25, -0.2) is 0 Å². The first kappa shape index (κ1) is 19.0. The smallest absolute Gasteiger partial charge is 0.233 e. The molecule has 1 amide bonds. The largest absolute Gasteiger partial charge is 0.351 e. The van der Waals surface area contributed by atoms with E-state index in [0.717, 1.165) is 35.1 Å². The molecule has 0 spiro atoms. The molecular weight excluding hydrogens is 392 g/mol. The first-order chi connectivity index (χ1) is 13.6. The normalized spacial score (nSPS) is 14.6. The summed E-state index contributed by atoms with van der Waals surface area (Å²) in [5.74, 6) is 1.39. The monoisotopic (exact) mass is 412 g/mol. The van der Waals surface area contributed by atoms with Crippen molar-refractivity contribution in [3.63, 3.8) is 0 Å². The zero-order chi connectivity index (χ0) is 19.5. The molecule has 0 saturated heterocycles. The molecule has 144 valence electrons. The Balaban J connectivity index is 1.48. The van der Waals surface area contributed by atoms with E-state index in [-0.39, 0.29) is 11.2 Å². The molecular formula is C21H21ClN4OS. The minimum Gasteiger partial charge on any atom is -0.351 e. The van der Waals surface area contributed by atoms with E-state index >= 15 is 0 Å². The Hall–Kier alpha value is -2.31. The van der Waals surface area contributed by atoms with Crippen LogP contribution >= 0.6 is 23.4 Å². The van der Waals surface area contributed by atoms with Crippen molar-refractivity contribution in [2.45, 2.75) is 42.6 Å². The van der Waals surface area contributed by atoms with Gasteiger partial charge < -0.3 is 5.32 Å². The maximum Gasteiger partial charge on any atom is 0.233 e. The maximum absolute atomic E-state index is 12.6. The molecule has 1 fully saturated rings. The topological polar surface area (TPSA) is 59.8 Å². The Morgan fingerprint density at radius 1 is 1.18 bits per heavy atom. The predicted molar refractivity (Wildman–Crippen MR) is 112 cm³/mol. The van der Waals surface area contributed by atoms with Crippen LogP contribution in [0.5, 0.6) is 0 Å². The molecule has 4 rings (SSSR count). The lowest BCUT2D eigenvalue weighted by Gasteiger charge is -2.14. The zero-order valence-corrected chi connectivity index (χ0v) is 17.1. The van der Waals surface area contributed by atoms with E-state index < -0.39 is 0 Å². The minimum atomic E-state index is -0.304. The second-order valence-corrected chi connectivity index (χ2v) is 8.57. The third-order valence-corrected chi connectivity index (χ3v) is 6.09. The SMILES string of the molecule is CC(Sc1nnc(C2CC2)n1-c1ccccc1)C(=O)NCc1ccccc1Cl. The number of carbonyl (C=O) groups excluding carboxylic acids is 1. The number of thioether (sulfide) groups is 1.